The largest absolute Gasteiger partial charge is 0.346 e. The Morgan fingerprint density at radius 3 is 2.77 bits per heavy atom. The number of hydrogen-bond donors (Lipinski definition) is 1. The van der Waals surface area contributed by atoms with Crippen molar-refractivity contribution in [1.29, 1.82) is 0 Å². The number of nitrogens with one attached hydrogen (secondary N) is 1. The van der Waals surface area contributed by atoms with Crippen molar-refractivity contribution in [3.8, 4) is 12.3 Å². The Hall–Kier alpha value is -3.11. The number of carbonyl (C=O) groups is 1. The van der Waals surface area contributed by atoms with Crippen LogP contribution in [-0.2, 0) is 13.1 Å². The first-order chi connectivity index (χ1) is 12.7. The molecular formula is C19H16N4O2S. The monoisotopic (exact) mass is 364 g/mol. The van der Waals surface area contributed by atoms with Crippen molar-refractivity contribution in [2.45, 2.75) is 18.1 Å². The van der Waals surface area contributed by atoms with E-state index in [1.165, 1.54) is 16.4 Å². The Labute approximate surface area is 154 Å². The number of nitrogens with zero attached hydrogens (tertiary/aromatic N) is 3. The molecule has 1 N–H and O–H groups in total. The molecule has 1 aromatic carbocycles. The van der Waals surface area contributed by atoms with Crippen molar-refractivity contribution in [3.63, 3.8) is 0 Å². The summed E-state index contributed by atoms with van der Waals surface area (Å²) in [7, 11) is 0. The third-order valence-electron chi connectivity index (χ3n) is 3.81. The Morgan fingerprint density at radius 1 is 1.27 bits per heavy atom. The van der Waals surface area contributed by atoms with Gasteiger partial charge >= 0.3 is 0 Å². The lowest BCUT2D eigenvalue weighted by molar-refractivity contribution is 0.0946. The quantitative estimate of drug-likeness (QED) is 0.554. The summed E-state index contributed by atoms with van der Waals surface area (Å²) in [5, 5.41) is 9.04. The van der Waals surface area contributed by atoms with Crippen LogP contribution in [0.25, 0.3) is 10.8 Å². The Morgan fingerprint density at radius 2 is 2.04 bits per heavy atom. The van der Waals surface area contributed by atoms with Crippen LogP contribution in [0, 0.1) is 12.3 Å². The molecule has 0 spiro atoms. The van der Waals surface area contributed by atoms with Crippen LogP contribution in [0.15, 0.2) is 52.4 Å². The molecule has 0 fully saturated rings. The van der Waals surface area contributed by atoms with Crippen molar-refractivity contribution in [2.24, 2.45) is 0 Å². The van der Waals surface area contributed by atoms with Gasteiger partial charge in [0.25, 0.3) is 11.5 Å². The van der Waals surface area contributed by atoms with Crippen LogP contribution in [0.1, 0.15) is 16.1 Å². The summed E-state index contributed by atoms with van der Waals surface area (Å²) in [5.74, 6) is 2.18. The SMILES string of the molecule is C#CCn1nc(CNC(=O)c2cccnc2SC)c2ccccc2c1=O. The van der Waals surface area contributed by atoms with E-state index in [1.807, 2.05) is 18.4 Å². The molecule has 3 aromatic rings. The molecule has 130 valence electrons. The van der Waals surface area contributed by atoms with Crippen molar-refractivity contribution in [1.82, 2.24) is 20.1 Å². The number of amides is 1. The fraction of sp³-hybridized carbons (Fsp3) is 0.158. The molecule has 2 aromatic heterocycles. The third kappa shape index (κ3) is 3.46. The van der Waals surface area contributed by atoms with Gasteiger partial charge < -0.3 is 5.32 Å². The fourth-order valence-corrected chi connectivity index (χ4v) is 3.16. The average molecular weight is 364 g/mol. The van der Waals surface area contributed by atoms with E-state index in [1.54, 1.807) is 30.5 Å². The van der Waals surface area contributed by atoms with Gasteiger partial charge in [-0.25, -0.2) is 9.67 Å². The van der Waals surface area contributed by atoms with Crippen LogP contribution in [0.2, 0.25) is 0 Å². The van der Waals surface area contributed by atoms with Gasteiger partial charge in [0.05, 0.1) is 23.2 Å². The molecule has 3 rings (SSSR count). The highest BCUT2D eigenvalue weighted by molar-refractivity contribution is 7.98. The van der Waals surface area contributed by atoms with E-state index < -0.39 is 0 Å². The molecule has 1 amide bonds. The molecule has 0 aliphatic heterocycles. The predicted octanol–water partition coefficient (Wildman–Crippen LogP) is 2.08. The van der Waals surface area contributed by atoms with Crippen LogP contribution in [0.3, 0.4) is 0 Å². The number of aromatic nitrogens is 3. The minimum Gasteiger partial charge on any atom is -0.346 e. The number of hydrogen-bond acceptors (Lipinski definition) is 5. The van der Waals surface area contributed by atoms with Crippen LogP contribution in [0.4, 0.5) is 0 Å². The smallest absolute Gasteiger partial charge is 0.275 e. The number of terminal acetylenes is 1. The van der Waals surface area contributed by atoms with E-state index in [9.17, 15) is 9.59 Å². The number of pyridine rings is 1. The van der Waals surface area contributed by atoms with E-state index in [0.29, 0.717) is 27.1 Å². The number of benzene rings is 1. The molecule has 2 heterocycles. The Bertz CT molecular complexity index is 1070. The van der Waals surface area contributed by atoms with Gasteiger partial charge in [0.1, 0.15) is 11.6 Å². The lowest BCUT2D eigenvalue weighted by atomic mass is 10.1. The summed E-state index contributed by atoms with van der Waals surface area (Å²) in [6.45, 7) is 0.247. The first-order valence-corrected chi connectivity index (χ1v) is 9.07. The van der Waals surface area contributed by atoms with Gasteiger partial charge in [-0.2, -0.15) is 5.10 Å². The first kappa shape index (κ1) is 17.7. The summed E-state index contributed by atoms with van der Waals surface area (Å²) in [4.78, 5) is 29.1. The molecule has 0 aliphatic carbocycles. The molecule has 7 heteroatoms. The first-order valence-electron chi connectivity index (χ1n) is 7.85. The standard InChI is InChI=1S/C19H16N4O2S/c1-3-11-23-19(25)14-8-5-4-7-13(14)16(22-23)12-21-17(24)15-9-6-10-20-18(15)26-2/h1,4-10H,11-12H2,2H3,(H,21,24). The maximum absolute atomic E-state index is 12.5. The van der Waals surface area contributed by atoms with Crippen LogP contribution in [0.5, 0.6) is 0 Å². The van der Waals surface area contributed by atoms with Crippen LogP contribution >= 0.6 is 11.8 Å². The summed E-state index contributed by atoms with van der Waals surface area (Å²) in [5.41, 5.74) is 0.838. The van der Waals surface area contributed by atoms with E-state index in [2.05, 4.69) is 21.3 Å². The molecule has 0 radical (unpaired) electrons. The molecule has 26 heavy (non-hydrogen) atoms. The average Bonchev–Trinajstić information content (AvgIpc) is 2.69. The second-order valence-corrected chi connectivity index (χ2v) is 6.20. The second-order valence-electron chi connectivity index (χ2n) is 5.40. The van der Waals surface area contributed by atoms with E-state index in [4.69, 9.17) is 6.42 Å². The number of fused-ring (bicyclic) bond motifs is 1. The van der Waals surface area contributed by atoms with Crippen molar-refractivity contribution in [3.05, 3.63) is 64.2 Å². The van der Waals surface area contributed by atoms with Crippen molar-refractivity contribution in [2.75, 3.05) is 6.26 Å². The minimum absolute atomic E-state index is 0.0733. The lowest BCUT2D eigenvalue weighted by Crippen LogP contribution is -2.28. The Balaban J connectivity index is 1.94. The maximum Gasteiger partial charge on any atom is 0.275 e. The number of rotatable bonds is 5. The lowest BCUT2D eigenvalue weighted by Gasteiger charge is -2.11. The highest BCUT2D eigenvalue weighted by atomic mass is 32.2. The van der Waals surface area contributed by atoms with Gasteiger partial charge in [-0.05, 0) is 24.5 Å². The fourth-order valence-electron chi connectivity index (χ4n) is 2.62. The minimum atomic E-state index is -0.247. The maximum atomic E-state index is 12.5. The number of thioether (sulfide) groups is 1. The van der Waals surface area contributed by atoms with Gasteiger partial charge in [0.15, 0.2) is 0 Å². The second kappa shape index (κ2) is 7.85. The zero-order chi connectivity index (χ0) is 18.5. The van der Waals surface area contributed by atoms with Gasteiger partial charge in [-0.1, -0.05) is 24.1 Å². The summed E-state index contributed by atoms with van der Waals surface area (Å²) >= 11 is 1.40. The molecular weight excluding hydrogens is 348 g/mol. The van der Waals surface area contributed by atoms with Crippen LogP contribution < -0.4 is 10.9 Å². The van der Waals surface area contributed by atoms with Gasteiger partial charge in [0.2, 0.25) is 0 Å². The van der Waals surface area contributed by atoms with Gasteiger partial charge in [-0.3, -0.25) is 9.59 Å². The normalized spacial score (nSPS) is 10.5. The van der Waals surface area contributed by atoms with E-state index in [0.717, 1.165) is 0 Å². The molecule has 0 atom stereocenters. The van der Waals surface area contributed by atoms with E-state index in [-0.39, 0.29) is 24.6 Å². The molecule has 0 saturated carbocycles. The summed E-state index contributed by atoms with van der Waals surface area (Å²) < 4.78 is 1.24. The molecule has 6 nitrogen and oxygen atoms in total. The highest BCUT2D eigenvalue weighted by Crippen LogP contribution is 2.17. The Kier molecular flexibility index (Phi) is 5.34. The van der Waals surface area contributed by atoms with Gasteiger partial charge in [0, 0.05) is 11.6 Å². The highest BCUT2D eigenvalue weighted by Gasteiger charge is 2.14. The summed E-state index contributed by atoms with van der Waals surface area (Å²) in [6.07, 6.45) is 8.84. The zero-order valence-electron chi connectivity index (χ0n) is 14.1. The van der Waals surface area contributed by atoms with Crippen molar-refractivity contribution >= 4 is 28.4 Å². The molecule has 0 bridgehead atoms. The third-order valence-corrected chi connectivity index (χ3v) is 4.52. The molecule has 0 aliphatic rings. The number of carbonyl (C=O) groups excluding carboxylic acids is 1. The molecule has 0 unspecified atom stereocenters. The van der Waals surface area contributed by atoms with Crippen molar-refractivity contribution < 1.29 is 4.79 Å². The topological polar surface area (TPSA) is 76.9 Å². The predicted molar refractivity (Wildman–Crippen MR) is 102 cm³/mol. The van der Waals surface area contributed by atoms with Crippen LogP contribution in [-0.4, -0.2) is 26.9 Å². The zero-order valence-corrected chi connectivity index (χ0v) is 14.9. The van der Waals surface area contributed by atoms with Gasteiger partial charge in [-0.15, -0.1) is 18.2 Å². The molecule has 0 saturated heterocycles. The summed E-state index contributed by atoms with van der Waals surface area (Å²) in [6, 6.07) is 10.6. The van der Waals surface area contributed by atoms with E-state index >= 15 is 0 Å².